The third-order valence-corrected chi connectivity index (χ3v) is 4.00. The van der Waals surface area contributed by atoms with Crippen LogP contribution in [0.15, 0.2) is 53.2 Å². The van der Waals surface area contributed by atoms with Crippen molar-refractivity contribution in [3.63, 3.8) is 0 Å². The van der Waals surface area contributed by atoms with Gasteiger partial charge in [0.25, 0.3) is 0 Å². The highest BCUT2D eigenvalue weighted by Gasteiger charge is 2.23. The van der Waals surface area contributed by atoms with Crippen LogP contribution in [-0.4, -0.2) is 19.0 Å². The first-order chi connectivity index (χ1) is 11.5. The number of nitrogens with zero attached hydrogens (tertiary/aromatic N) is 1. The van der Waals surface area contributed by atoms with Crippen molar-refractivity contribution < 1.29 is 14.3 Å². The van der Waals surface area contributed by atoms with Crippen LogP contribution >= 0.6 is 23.2 Å². The predicted octanol–water partition coefficient (Wildman–Crippen LogP) is 4.54. The van der Waals surface area contributed by atoms with Crippen molar-refractivity contribution in [1.82, 2.24) is 0 Å². The minimum Gasteiger partial charge on any atom is -0.497 e. The van der Waals surface area contributed by atoms with Crippen molar-refractivity contribution in [2.75, 3.05) is 7.11 Å². The van der Waals surface area contributed by atoms with Crippen molar-refractivity contribution in [2.24, 2.45) is 4.99 Å². The predicted molar refractivity (Wildman–Crippen MR) is 94.7 cm³/mol. The number of benzene rings is 2. The molecule has 0 unspecified atom stereocenters. The number of carbonyl (C=O) groups is 1. The Morgan fingerprint density at radius 3 is 2.58 bits per heavy atom. The largest absolute Gasteiger partial charge is 0.497 e. The molecule has 3 rings (SSSR count). The molecule has 0 fully saturated rings. The number of ether oxygens (including phenoxy) is 2. The summed E-state index contributed by atoms with van der Waals surface area (Å²) in [5, 5.41) is 0.974. The summed E-state index contributed by atoms with van der Waals surface area (Å²) >= 11 is 12.0. The topological polar surface area (TPSA) is 47.9 Å². The summed E-state index contributed by atoms with van der Waals surface area (Å²) in [6.07, 6.45) is 2.00. The average Bonchev–Trinajstić information content (AvgIpc) is 2.90. The number of methoxy groups -OCH3 is 1. The van der Waals surface area contributed by atoms with E-state index < -0.39 is 5.97 Å². The maximum absolute atomic E-state index is 12.0. The lowest BCUT2D eigenvalue weighted by Gasteiger charge is -2.02. The molecule has 0 spiro atoms. The Morgan fingerprint density at radius 2 is 1.92 bits per heavy atom. The lowest BCUT2D eigenvalue weighted by Crippen LogP contribution is -2.06. The van der Waals surface area contributed by atoms with Gasteiger partial charge in [-0.25, -0.2) is 9.79 Å². The van der Waals surface area contributed by atoms with E-state index in [-0.39, 0.29) is 5.70 Å². The van der Waals surface area contributed by atoms with Gasteiger partial charge in [-0.15, -0.1) is 0 Å². The van der Waals surface area contributed by atoms with Crippen LogP contribution in [0.3, 0.4) is 0 Å². The van der Waals surface area contributed by atoms with Gasteiger partial charge in [0.15, 0.2) is 5.70 Å². The van der Waals surface area contributed by atoms with Crippen LogP contribution in [0.2, 0.25) is 10.0 Å². The van der Waals surface area contributed by atoms with E-state index in [1.54, 1.807) is 31.4 Å². The third-order valence-electron chi connectivity index (χ3n) is 3.43. The molecular formula is C18H13Cl2NO3. The van der Waals surface area contributed by atoms with Crippen molar-refractivity contribution >= 4 is 41.1 Å². The van der Waals surface area contributed by atoms with E-state index in [2.05, 4.69) is 4.99 Å². The number of halogens is 2. The number of rotatable bonds is 4. The standard InChI is InChI=1S/C18H13Cl2NO3/c1-23-14-6-2-11(3-7-14)8-17-21-16(18(22)24-17)9-12-4-5-13(19)10-15(12)20/h2-7,9-10H,8H2,1H3/b16-9-. The van der Waals surface area contributed by atoms with Gasteiger partial charge >= 0.3 is 5.97 Å². The molecular weight excluding hydrogens is 349 g/mol. The van der Waals surface area contributed by atoms with Crippen molar-refractivity contribution in [3.8, 4) is 5.75 Å². The SMILES string of the molecule is COc1ccc(CC2=N/C(=C\c3ccc(Cl)cc3Cl)C(=O)O2)cc1. The smallest absolute Gasteiger partial charge is 0.363 e. The monoisotopic (exact) mass is 361 g/mol. The molecule has 0 saturated heterocycles. The molecule has 122 valence electrons. The van der Waals surface area contributed by atoms with E-state index in [1.165, 1.54) is 0 Å². The minimum absolute atomic E-state index is 0.211. The fraction of sp³-hybridized carbons (Fsp3) is 0.111. The molecule has 4 nitrogen and oxygen atoms in total. The fourth-order valence-corrected chi connectivity index (χ4v) is 2.68. The van der Waals surface area contributed by atoms with Crippen LogP contribution in [0.25, 0.3) is 6.08 Å². The van der Waals surface area contributed by atoms with E-state index in [1.807, 2.05) is 24.3 Å². The van der Waals surface area contributed by atoms with Gasteiger partial charge in [0.2, 0.25) is 5.90 Å². The Morgan fingerprint density at radius 1 is 1.17 bits per heavy atom. The van der Waals surface area contributed by atoms with Gasteiger partial charge < -0.3 is 9.47 Å². The van der Waals surface area contributed by atoms with Crippen LogP contribution in [0, 0.1) is 0 Å². The Kier molecular flexibility index (Phi) is 4.88. The van der Waals surface area contributed by atoms with Crippen LogP contribution < -0.4 is 4.74 Å². The highest BCUT2D eigenvalue weighted by molar-refractivity contribution is 6.35. The van der Waals surface area contributed by atoms with E-state index in [0.29, 0.717) is 27.9 Å². The molecule has 1 aliphatic rings. The number of esters is 1. The highest BCUT2D eigenvalue weighted by atomic mass is 35.5. The molecule has 0 bridgehead atoms. The average molecular weight is 362 g/mol. The molecule has 1 aliphatic heterocycles. The Hall–Kier alpha value is -2.30. The molecule has 2 aromatic carbocycles. The highest BCUT2D eigenvalue weighted by Crippen LogP contribution is 2.25. The number of hydrogen-bond acceptors (Lipinski definition) is 4. The van der Waals surface area contributed by atoms with E-state index in [4.69, 9.17) is 32.7 Å². The Labute approximate surface area is 149 Å². The van der Waals surface area contributed by atoms with Gasteiger partial charge in [-0.05, 0) is 41.5 Å². The van der Waals surface area contributed by atoms with Crippen LogP contribution in [0.4, 0.5) is 0 Å². The molecule has 0 saturated carbocycles. The molecule has 0 aliphatic carbocycles. The summed E-state index contributed by atoms with van der Waals surface area (Å²) < 4.78 is 10.3. The summed E-state index contributed by atoms with van der Waals surface area (Å²) in [5.74, 6) is 0.619. The van der Waals surface area contributed by atoms with Gasteiger partial charge in [-0.1, -0.05) is 41.4 Å². The summed E-state index contributed by atoms with van der Waals surface area (Å²) in [7, 11) is 1.61. The first-order valence-corrected chi connectivity index (χ1v) is 7.90. The maximum Gasteiger partial charge on any atom is 0.363 e. The van der Waals surface area contributed by atoms with Crippen LogP contribution in [0.5, 0.6) is 5.75 Å². The second-order valence-corrected chi connectivity index (χ2v) is 5.96. The first kappa shape index (κ1) is 16.6. The molecule has 6 heteroatoms. The molecule has 0 atom stereocenters. The normalized spacial score (nSPS) is 15.4. The number of carbonyl (C=O) groups excluding carboxylic acids is 1. The van der Waals surface area contributed by atoms with Gasteiger partial charge in [-0.3, -0.25) is 0 Å². The Balaban J connectivity index is 1.80. The zero-order chi connectivity index (χ0) is 17.1. The van der Waals surface area contributed by atoms with Gasteiger partial charge in [-0.2, -0.15) is 0 Å². The molecule has 0 amide bonds. The van der Waals surface area contributed by atoms with E-state index in [0.717, 1.165) is 11.3 Å². The third kappa shape index (κ3) is 3.78. The zero-order valence-corrected chi connectivity index (χ0v) is 14.3. The lowest BCUT2D eigenvalue weighted by atomic mass is 10.1. The number of cyclic esters (lactones) is 1. The second kappa shape index (κ2) is 7.07. The maximum atomic E-state index is 12.0. The molecule has 24 heavy (non-hydrogen) atoms. The summed E-state index contributed by atoms with van der Waals surface area (Å²) in [4.78, 5) is 16.2. The van der Waals surface area contributed by atoms with Gasteiger partial charge in [0.05, 0.1) is 7.11 Å². The quantitative estimate of drug-likeness (QED) is 0.593. The summed E-state index contributed by atoms with van der Waals surface area (Å²) in [6.45, 7) is 0. The molecule has 1 heterocycles. The van der Waals surface area contributed by atoms with Crippen LogP contribution in [-0.2, 0) is 16.0 Å². The van der Waals surface area contributed by atoms with Crippen molar-refractivity contribution in [1.29, 1.82) is 0 Å². The van der Waals surface area contributed by atoms with Crippen LogP contribution in [0.1, 0.15) is 11.1 Å². The summed E-state index contributed by atoms with van der Waals surface area (Å²) in [5.41, 5.74) is 1.83. The van der Waals surface area contributed by atoms with Gasteiger partial charge in [0.1, 0.15) is 5.75 Å². The molecule has 0 radical (unpaired) electrons. The fourth-order valence-electron chi connectivity index (χ4n) is 2.21. The minimum atomic E-state index is -0.496. The summed E-state index contributed by atoms with van der Waals surface area (Å²) in [6, 6.07) is 12.5. The van der Waals surface area contributed by atoms with E-state index >= 15 is 0 Å². The van der Waals surface area contributed by atoms with Crippen molar-refractivity contribution in [3.05, 3.63) is 69.3 Å². The van der Waals surface area contributed by atoms with Crippen molar-refractivity contribution in [2.45, 2.75) is 6.42 Å². The molecule has 0 aromatic heterocycles. The number of aliphatic imine (C=N–C) groups is 1. The molecule has 2 aromatic rings. The second-order valence-electron chi connectivity index (χ2n) is 5.12. The molecule has 0 N–H and O–H groups in total. The lowest BCUT2D eigenvalue weighted by molar-refractivity contribution is -0.130. The number of hydrogen-bond donors (Lipinski definition) is 0. The zero-order valence-electron chi connectivity index (χ0n) is 12.8. The Bertz CT molecular complexity index is 842. The first-order valence-electron chi connectivity index (χ1n) is 7.14. The van der Waals surface area contributed by atoms with Gasteiger partial charge in [0, 0.05) is 16.5 Å². The van der Waals surface area contributed by atoms with E-state index in [9.17, 15) is 4.79 Å².